The molecule has 0 spiro atoms. The Morgan fingerprint density at radius 3 is 2.00 bits per heavy atom. The number of amides is 1. The van der Waals surface area contributed by atoms with Crippen molar-refractivity contribution in [3.8, 4) is 0 Å². The molecular weight excluding hydrogens is 276 g/mol. The SMILES string of the molecule is Cc1cc(S(N)(=O)=O)cc(C)c1NC(=O)CC(C)(C)C. The first kappa shape index (κ1) is 16.7. The minimum atomic E-state index is -3.73. The second-order valence-electron chi connectivity index (χ2n) is 6.26. The van der Waals surface area contributed by atoms with Gasteiger partial charge in [-0.2, -0.15) is 0 Å². The van der Waals surface area contributed by atoms with Crippen LogP contribution in [-0.2, 0) is 14.8 Å². The third-order valence-corrected chi connectivity index (χ3v) is 3.68. The highest BCUT2D eigenvalue weighted by molar-refractivity contribution is 7.89. The summed E-state index contributed by atoms with van der Waals surface area (Å²) in [5.41, 5.74) is 1.89. The number of nitrogens with one attached hydrogen (secondary N) is 1. The fourth-order valence-corrected chi connectivity index (χ4v) is 2.63. The van der Waals surface area contributed by atoms with Gasteiger partial charge in [-0.1, -0.05) is 20.8 Å². The first-order valence-electron chi connectivity index (χ1n) is 6.34. The van der Waals surface area contributed by atoms with Crippen LogP contribution in [-0.4, -0.2) is 14.3 Å². The van der Waals surface area contributed by atoms with E-state index in [1.54, 1.807) is 13.8 Å². The van der Waals surface area contributed by atoms with Crippen molar-refractivity contribution in [3.63, 3.8) is 0 Å². The van der Waals surface area contributed by atoms with E-state index in [4.69, 9.17) is 5.14 Å². The maximum atomic E-state index is 12.0. The average molecular weight is 298 g/mol. The van der Waals surface area contributed by atoms with Gasteiger partial charge in [0, 0.05) is 12.1 Å². The molecular formula is C14H22N2O3S. The van der Waals surface area contributed by atoms with Gasteiger partial charge in [0.2, 0.25) is 15.9 Å². The van der Waals surface area contributed by atoms with Gasteiger partial charge in [-0.05, 0) is 42.5 Å². The quantitative estimate of drug-likeness (QED) is 0.897. The van der Waals surface area contributed by atoms with Crippen LogP contribution < -0.4 is 10.5 Å². The molecule has 0 bridgehead atoms. The number of rotatable bonds is 3. The van der Waals surface area contributed by atoms with Gasteiger partial charge in [0.15, 0.2) is 0 Å². The number of carbonyl (C=O) groups is 1. The van der Waals surface area contributed by atoms with Gasteiger partial charge >= 0.3 is 0 Å². The van der Waals surface area contributed by atoms with Crippen LogP contribution in [0.4, 0.5) is 5.69 Å². The molecule has 0 saturated heterocycles. The predicted molar refractivity (Wildman–Crippen MR) is 80.0 cm³/mol. The summed E-state index contributed by atoms with van der Waals surface area (Å²) in [5.74, 6) is -0.0907. The average Bonchev–Trinajstić information content (AvgIpc) is 2.19. The maximum absolute atomic E-state index is 12.0. The molecule has 112 valence electrons. The van der Waals surface area contributed by atoms with Crippen molar-refractivity contribution in [2.45, 2.75) is 45.9 Å². The van der Waals surface area contributed by atoms with E-state index in [-0.39, 0.29) is 16.2 Å². The normalized spacial score (nSPS) is 12.3. The van der Waals surface area contributed by atoms with Crippen molar-refractivity contribution in [2.24, 2.45) is 10.6 Å². The number of hydrogen-bond donors (Lipinski definition) is 2. The monoisotopic (exact) mass is 298 g/mol. The van der Waals surface area contributed by atoms with E-state index in [0.29, 0.717) is 23.2 Å². The van der Waals surface area contributed by atoms with Crippen molar-refractivity contribution in [1.82, 2.24) is 0 Å². The molecule has 0 radical (unpaired) electrons. The molecule has 1 amide bonds. The number of carbonyl (C=O) groups excluding carboxylic acids is 1. The number of primary sulfonamides is 1. The summed E-state index contributed by atoms with van der Waals surface area (Å²) in [6.07, 6.45) is 0.392. The summed E-state index contributed by atoms with van der Waals surface area (Å²) in [5, 5.41) is 7.95. The smallest absolute Gasteiger partial charge is 0.238 e. The van der Waals surface area contributed by atoms with Crippen LogP contribution in [0.5, 0.6) is 0 Å². The Hall–Kier alpha value is -1.40. The van der Waals surface area contributed by atoms with E-state index < -0.39 is 10.0 Å². The molecule has 0 aliphatic rings. The third kappa shape index (κ3) is 4.61. The molecule has 5 nitrogen and oxygen atoms in total. The summed E-state index contributed by atoms with van der Waals surface area (Å²) >= 11 is 0. The molecule has 20 heavy (non-hydrogen) atoms. The first-order valence-corrected chi connectivity index (χ1v) is 7.89. The number of aryl methyl sites for hydroxylation is 2. The van der Waals surface area contributed by atoms with Crippen molar-refractivity contribution < 1.29 is 13.2 Å². The van der Waals surface area contributed by atoms with Crippen molar-refractivity contribution in [1.29, 1.82) is 0 Å². The topological polar surface area (TPSA) is 89.3 Å². The number of hydrogen-bond acceptors (Lipinski definition) is 3. The van der Waals surface area contributed by atoms with Crippen molar-refractivity contribution >= 4 is 21.6 Å². The minimum absolute atomic E-state index is 0.0568. The molecule has 0 unspecified atom stereocenters. The van der Waals surface area contributed by atoms with Gasteiger partial charge < -0.3 is 5.32 Å². The molecule has 0 aromatic heterocycles. The Kier molecular flexibility index (Phi) is 4.61. The number of nitrogens with two attached hydrogens (primary N) is 1. The largest absolute Gasteiger partial charge is 0.326 e. The lowest BCUT2D eigenvalue weighted by atomic mass is 9.92. The lowest BCUT2D eigenvalue weighted by Crippen LogP contribution is -2.21. The van der Waals surface area contributed by atoms with Crippen LogP contribution in [0.3, 0.4) is 0 Å². The molecule has 1 aromatic carbocycles. The zero-order valence-electron chi connectivity index (χ0n) is 12.6. The number of sulfonamides is 1. The van der Waals surface area contributed by atoms with Gasteiger partial charge in [-0.25, -0.2) is 13.6 Å². The highest BCUT2D eigenvalue weighted by atomic mass is 32.2. The van der Waals surface area contributed by atoms with E-state index in [1.165, 1.54) is 12.1 Å². The highest BCUT2D eigenvalue weighted by Gasteiger charge is 2.18. The lowest BCUT2D eigenvalue weighted by Gasteiger charge is -2.19. The van der Waals surface area contributed by atoms with Gasteiger partial charge in [-0.15, -0.1) is 0 Å². The fourth-order valence-electron chi connectivity index (χ4n) is 1.95. The summed E-state index contributed by atoms with van der Waals surface area (Å²) in [4.78, 5) is 12.0. The lowest BCUT2D eigenvalue weighted by molar-refractivity contribution is -0.117. The van der Waals surface area contributed by atoms with Crippen LogP contribution in [0.25, 0.3) is 0 Å². The number of benzene rings is 1. The van der Waals surface area contributed by atoms with Crippen molar-refractivity contribution in [3.05, 3.63) is 23.3 Å². The van der Waals surface area contributed by atoms with Gasteiger partial charge in [0.1, 0.15) is 0 Å². The molecule has 1 aromatic rings. The molecule has 0 saturated carbocycles. The van der Waals surface area contributed by atoms with Crippen LogP contribution in [0.2, 0.25) is 0 Å². The van der Waals surface area contributed by atoms with Crippen LogP contribution in [0.15, 0.2) is 17.0 Å². The van der Waals surface area contributed by atoms with E-state index in [0.717, 1.165) is 0 Å². The Morgan fingerprint density at radius 1 is 1.20 bits per heavy atom. The van der Waals surface area contributed by atoms with Gasteiger partial charge in [-0.3, -0.25) is 4.79 Å². The zero-order chi connectivity index (χ0) is 15.7. The maximum Gasteiger partial charge on any atom is 0.238 e. The molecule has 3 N–H and O–H groups in total. The predicted octanol–water partition coefficient (Wildman–Crippen LogP) is 2.33. The molecule has 0 aliphatic carbocycles. The van der Waals surface area contributed by atoms with E-state index in [2.05, 4.69) is 5.32 Å². The van der Waals surface area contributed by atoms with Crippen molar-refractivity contribution in [2.75, 3.05) is 5.32 Å². The van der Waals surface area contributed by atoms with Gasteiger partial charge in [0.25, 0.3) is 0 Å². The van der Waals surface area contributed by atoms with E-state index in [1.807, 2.05) is 20.8 Å². The Morgan fingerprint density at radius 2 is 1.65 bits per heavy atom. The summed E-state index contributed by atoms with van der Waals surface area (Å²) in [6.45, 7) is 9.44. The van der Waals surface area contributed by atoms with Crippen LogP contribution in [0.1, 0.15) is 38.3 Å². The summed E-state index contributed by atoms with van der Waals surface area (Å²) in [6, 6.07) is 2.93. The Bertz CT molecular complexity index is 605. The second-order valence-corrected chi connectivity index (χ2v) is 7.82. The third-order valence-electron chi connectivity index (χ3n) is 2.79. The van der Waals surface area contributed by atoms with Crippen LogP contribution >= 0.6 is 0 Å². The number of anilines is 1. The molecule has 0 fully saturated rings. The first-order chi connectivity index (χ1) is 8.90. The summed E-state index contributed by atoms with van der Waals surface area (Å²) in [7, 11) is -3.73. The Balaban J connectivity index is 3.07. The van der Waals surface area contributed by atoms with E-state index >= 15 is 0 Å². The standard InChI is InChI=1S/C14H22N2O3S/c1-9-6-11(20(15,18)19)7-10(2)13(9)16-12(17)8-14(3,4)5/h6-7H,8H2,1-5H3,(H,16,17)(H2,15,18,19). The molecule has 0 atom stereocenters. The van der Waals surface area contributed by atoms with E-state index in [9.17, 15) is 13.2 Å². The summed E-state index contributed by atoms with van der Waals surface area (Å²) < 4.78 is 22.7. The molecule has 1 rings (SSSR count). The molecule has 0 aliphatic heterocycles. The molecule has 6 heteroatoms. The highest BCUT2D eigenvalue weighted by Crippen LogP contribution is 2.26. The zero-order valence-corrected chi connectivity index (χ0v) is 13.4. The molecule has 0 heterocycles. The second kappa shape index (κ2) is 5.54. The Labute approximate surface area is 120 Å². The van der Waals surface area contributed by atoms with Gasteiger partial charge in [0.05, 0.1) is 4.90 Å². The fraction of sp³-hybridized carbons (Fsp3) is 0.500. The van der Waals surface area contributed by atoms with Crippen LogP contribution in [0, 0.1) is 19.3 Å². The minimum Gasteiger partial charge on any atom is -0.326 e.